The Hall–Kier alpha value is -2.18. The molecule has 25 heavy (non-hydrogen) atoms. The fraction of sp³-hybridized carbons (Fsp3) is 0.222. The van der Waals surface area contributed by atoms with Gasteiger partial charge in [0.15, 0.2) is 5.78 Å². The SMILES string of the molecule is CC(C)c1ccc(C(=O)CSc2nnnn2-c2ccc(Cl)cc2)cc1. The zero-order chi connectivity index (χ0) is 17.8. The van der Waals surface area contributed by atoms with E-state index in [0.29, 0.717) is 21.7 Å². The highest BCUT2D eigenvalue weighted by molar-refractivity contribution is 7.99. The van der Waals surface area contributed by atoms with E-state index in [1.54, 1.807) is 16.8 Å². The van der Waals surface area contributed by atoms with Crippen molar-refractivity contribution in [3.8, 4) is 5.69 Å². The van der Waals surface area contributed by atoms with Gasteiger partial charge in [0.05, 0.1) is 11.4 Å². The molecule has 2 aromatic carbocycles. The highest BCUT2D eigenvalue weighted by Crippen LogP contribution is 2.21. The number of ketones is 1. The molecular weight excluding hydrogens is 356 g/mol. The predicted molar refractivity (Wildman–Crippen MR) is 99.7 cm³/mol. The van der Waals surface area contributed by atoms with Crippen molar-refractivity contribution in [3.05, 3.63) is 64.7 Å². The van der Waals surface area contributed by atoms with E-state index in [2.05, 4.69) is 29.4 Å². The highest BCUT2D eigenvalue weighted by atomic mass is 35.5. The number of carbonyl (C=O) groups is 1. The third-order valence-corrected chi connectivity index (χ3v) is 4.92. The van der Waals surface area contributed by atoms with Crippen molar-refractivity contribution in [3.63, 3.8) is 0 Å². The summed E-state index contributed by atoms with van der Waals surface area (Å²) in [5.74, 6) is 0.767. The van der Waals surface area contributed by atoms with Crippen LogP contribution in [0.2, 0.25) is 5.02 Å². The molecule has 128 valence electrons. The number of aromatic nitrogens is 4. The maximum absolute atomic E-state index is 12.4. The van der Waals surface area contributed by atoms with Crippen LogP contribution < -0.4 is 0 Å². The second-order valence-electron chi connectivity index (χ2n) is 5.84. The van der Waals surface area contributed by atoms with Crippen LogP contribution in [-0.2, 0) is 0 Å². The zero-order valence-corrected chi connectivity index (χ0v) is 15.5. The molecule has 0 unspecified atom stereocenters. The average Bonchev–Trinajstić information content (AvgIpc) is 3.09. The lowest BCUT2D eigenvalue weighted by atomic mass is 10.0. The lowest BCUT2D eigenvalue weighted by Crippen LogP contribution is -2.05. The van der Waals surface area contributed by atoms with Gasteiger partial charge in [-0.05, 0) is 46.2 Å². The Kier molecular flexibility index (Phi) is 5.50. The molecule has 5 nitrogen and oxygen atoms in total. The number of benzene rings is 2. The molecule has 0 fully saturated rings. The van der Waals surface area contributed by atoms with Crippen LogP contribution in [0.3, 0.4) is 0 Å². The number of Topliss-reactive ketones (excluding diaryl/α,β-unsaturated/α-hetero) is 1. The molecule has 1 heterocycles. The molecule has 3 aromatic rings. The molecule has 7 heteroatoms. The summed E-state index contributed by atoms with van der Waals surface area (Å²) in [6.07, 6.45) is 0. The molecule has 0 saturated heterocycles. The van der Waals surface area contributed by atoms with E-state index in [0.717, 1.165) is 5.69 Å². The van der Waals surface area contributed by atoms with Crippen LogP contribution in [0.1, 0.15) is 35.7 Å². The van der Waals surface area contributed by atoms with Crippen LogP contribution in [0.4, 0.5) is 0 Å². The summed E-state index contributed by atoms with van der Waals surface area (Å²) in [5, 5.41) is 12.9. The normalized spacial score (nSPS) is 11.0. The summed E-state index contributed by atoms with van der Waals surface area (Å²) in [4.78, 5) is 12.4. The summed E-state index contributed by atoms with van der Waals surface area (Å²) < 4.78 is 1.59. The molecule has 0 aliphatic carbocycles. The first kappa shape index (κ1) is 17.6. The maximum atomic E-state index is 12.4. The third-order valence-electron chi connectivity index (χ3n) is 3.74. The minimum absolute atomic E-state index is 0.0472. The molecule has 0 aliphatic heterocycles. The Balaban J connectivity index is 1.69. The van der Waals surface area contributed by atoms with Crippen molar-refractivity contribution in [1.29, 1.82) is 0 Å². The lowest BCUT2D eigenvalue weighted by Gasteiger charge is -2.07. The Morgan fingerprint density at radius 1 is 1.12 bits per heavy atom. The number of hydrogen-bond donors (Lipinski definition) is 0. The number of tetrazole rings is 1. The quantitative estimate of drug-likeness (QED) is 0.473. The Morgan fingerprint density at radius 3 is 2.44 bits per heavy atom. The number of hydrogen-bond acceptors (Lipinski definition) is 5. The number of rotatable bonds is 6. The van der Waals surface area contributed by atoms with E-state index < -0.39 is 0 Å². The lowest BCUT2D eigenvalue weighted by molar-refractivity contribution is 0.102. The van der Waals surface area contributed by atoms with Gasteiger partial charge >= 0.3 is 0 Å². The van der Waals surface area contributed by atoms with Crippen LogP contribution in [0.5, 0.6) is 0 Å². The van der Waals surface area contributed by atoms with Gasteiger partial charge in [-0.2, -0.15) is 4.68 Å². The van der Waals surface area contributed by atoms with E-state index in [-0.39, 0.29) is 11.5 Å². The van der Waals surface area contributed by atoms with E-state index in [1.165, 1.54) is 17.3 Å². The fourth-order valence-corrected chi connectivity index (χ4v) is 3.19. The summed E-state index contributed by atoms with van der Waals surface area (Å²) in [7, 11) is 0. The van der Waals surface area contributed by atoms with Gasteiger partial charge < -0.3 is 0 Å². The van der Waals surface area contributed by atoms with Crippen molar-refractivity contribution < 1.29 is 4.79 Å². The maximum Gasteiger partial charge on any atom is 0.214 e. The van der Waals surface area contributed by atoms with Crippen LogP contribution in [0.15, 0.2) is 53.7 Å². The molecule has 0 bridgehead atoms. The zero-order valence-electron chi connectivity index (χ0n) is 13.9. The van der Waals surface area contributed by atoms with E-state index in [9.17, 15) is 4.79 Å². The predicted octanol–water partition coefficient (Wildman–Crippen LogP) is 4.41. The number of thioether (sulfide) groups is 1. The molecule has 1 aromatic heterocycles. The number of carbonyl (C=O) groups excluding carboxylic acids is 1. The fourth-order valence-electron chi connectivity index (χ4n) is 2.28. The Morgan fingerprint density at radius 2 is 1.80 bits per heavy atom. The molecule has 0 amide bonds. The first-order chi connectivity index (χ1) is 12.0. The molecule has 0 saturated carbocycles. The molecule has 0 N–H and O–H groups in total. The molecular formula is C18H17ClN4OS. The monoisotopic (exact) mass is 372 g/mol. The summed E-state index contributed by atoms with van der Waals surface area (Å²) in [6.45, 7) is 4.26. The molecule has 0 radical (unpaired) electrons. The minimum Gasteiger partial charge on any atom is -0.293 e. The summed E-state index contributed by atoms with van der Waals surface area (Å²) >= 11 is 7.21. The Bertz CT molecular complexity index is 860. The first-order valence-corrected chi connectivity index (χ1v) is 9.21. The van der Waals surface area contributed by atoms with Gasteiger partial charge in [-0.3, -0.25) is 4.79 Å². The topological polar surface area (TPSA) is 60.7 Å². The van der Waals surface area contributed by atoms with E-state index in [4.69, 9.17) is 11.6 Å². The van der Waals surface area contributed by atoms with Crippen LogP contribution in [0.25, 0.3) is 5.69 Å². The average molecular weight is 373 g/mol. The van der Waals surface area contributed by atoms with Crippen molar-refractivity contribution in [2.75, 3.05) is 5.75 Å². The number of halogens is 1. The van der Waals surface area contributed by atoms with Gasteiger partial charge in [-0.1, -0.05) is 61.5 Å². The van der Waals surface area contributed by atoms with Crippen molar-refractivity contribution >= 4 is 29.1 Å². The largest absolute Gasteiger partial charge is 0.293 e. The van der Waals surface area contributed by atoms with Gasteiger partial charge in [0.1, 0.15) is 0 Å². The van der Waals surface area contributed by atoms with Gasteiger partial charge in [-0.15, -0.1) is 5.10 Å². The Labute approximate surface area is 155 Å². The second kappa shape index (κ2) is 7.80. The minimum atomic E-state index is 0.0472. The first-order valence-electron chi connectivity index (χ1n) is 7.85. The van der Waals surface area contributed by atoms with Crippen molar-refractivity contribution in [1.82, 2.24) is 20.2 Å². The van der Waals surface area contributed by atoms with Crippen molar-refractivity contribution in [2.24, 2.45) is 0 Å². The van der Waals surface area contributed by atoms with E-state index >= 15 is 0 Å². The van der Waals surface area contributed by atoms with Crippen LogP contribution in [-0.4, -0.2) is 31.7 Å². The number of nitrogens with zero attached hydrogens (tertiary/aromatic N) is 4. The third kappa shape index (κ3) is 4.27. The van der Waals surface area contributed by atoms with Crippen LogP contribution in [0, 0.1) is 0 Å². The molecule has 0 spiro atoms. The van der Waals surface area contributed by atoms with Crippen LogP contribution >= 0.6 is 23.4 Å². The molecule has 0 aliphatic rings. The van der Waals surface area contributed by atoms with Gasteiger partial charge in [0, 0.05) is 10.6 Å². The van der Waals surface area contributed by atoms with Gasteiger partial charge in [0.25, 0.3) is 0 Å². The van der Waals surface area contributed by atoms with Crippen molar-refractivity contribution in [2.45, 2.75) is 24.9 Å². The standard InChI is InChI=1S/C18H17ClN4OS/c1-12(2)13-3-5-14(6-4-13)17(24)11-25-18-20-21-22-23(18)16-9-7-15(19)8-10-16/h3-10,12H,11H2,1-2H3. The molecule has 0 atom stereocenters. The highest BCUT2D eigenvalue weighted by Gasteiger charge is 2.13. The van der Waals surface area contributed by atoms with Gasteiger partial charge in [0.2, 0.25) is 5.16 Å². The van der Waals surface area contributed by atoms with Gasteiger partial charge in [-0.25, -0.2) is 0 Å². The van der Waals surface area contributed by atoms with E-state index in [1.807, 2.05) is 36.4 Å². The second-order valence-corrected chi connectivity index (χ2v) is 7.22. The molecule has 3 rings (SSSR count). The smallest absolute Gasteiger partial charge is 0.214 e. The summed E-state index contributed by atoms with van der Waals surface area (Å²) in [6, 6.07) is 15.0. The summed E-state index contributed by atoms with van der Waals surface area (Å²) in [5.41, 5.74) is 2.71.